The minimum Gasteiger partial charge on any atom is -0.494 e. The average molecular weight is 1300 g/mol. The highest BCUT2D eigenvalue weighted by molar-refractivity contribution is 5.94. The zero-order valence-corrected chi connectivity index (χ0v) is 56.7. The monoisotopic (exact) mass is 1300 g/mol. The second-order valence-corrected chi connectivity index (χ2v) is 23.1. The third-order valence-corrected chi connectivity index (χ3v) is 15.2. The maximum atomic E-state index is 12.8. The maximum absolute atomic E-state index is 12.8. The van der Waals surface area contributed by atoms with Crippen LogP contribution in [-0.4, -0.2) is 87.5 Å². The topological polar surface area (TPSA) is 212 Å². The molecule has 3 aromatic heterocycles. The zero-order chi connectivity index (χ0) is 68.3. The Hall–Kier alpha value is -10.2. The number of carbonyl (C=O) groups is 3. The van der Waals surface area contributed by atoms with Crippen LogP contribution in [0.5, 0.6) is 51.7 Å². The first kappa shape index (κ1) is 73.2. The van der Waals surface area contributed by atoms with Crippen molar-refractivity contribution in [2.45, 2.75) is 120 Å². The van der Waals surface area contributed by atoms with Gasteiger partial charge in [0.2, 0.25) is 0 Å². The molecule has 9 aromatic rings. The van der Waals surface area contributed by atoms with Crippen molar-refractivity contribution in [1.29, 1.82) is 0 Å². The van der Waals surface area contributed by atoms with E-state index in [0.29, 0.717) is 142 Å². The van der Waals surface area contributed by atoms with Crippen LogP contribution >= 0.6 is 0 Å². The summed E-state index contributed by atoms with van der Waals surface area (Å²) in [7, 11) is 0. The van der Waals surface area contributed by atoms with Gasteiger partial charge in [-0.05, 0) is 164 Å². The van der Waals surface area contributed by atoms with Crippen LogP contribution in [0.3, 0.4) is 0 Å². The molecule has 0 aliphatic rings. The minimum atomic E-state index is -0.458. The average Bonchev–Trinajstić information content (AvgIpc) is 0.886. The molecule has 0 amide bonds. The predicted octanol–water partition coefficient (Wildman–Crippen LogP) is 17.9. The summed E-state index contributed by atoms with van der Waals surface area (Å²) in [4.78, 5) is 63.8. The molecule has 0 spiro atoms. The Balaban J connectivity index is 0.000000203. The third-order valence-electron chi connectivity index (χ3n) is 15.2. The lowest BCUT2D eigenvalue weighted by Gasteiger charge is -2.14. The van der Waals surface area contributed by atoms with Crippen molar-refractivity contribution in [3.05, 3.63) is 200 Å². The van der Waals surface area contributed by atoms with E-state index in [4.69, 9.17) is 42.6 Å². The highest BCUT2D eigenvalue weighted by atomic mass is 16.5. The van der Waals surface area contributed by atoms with Crippen molar-refractivity contribution >= 4 is 17.9 Å². The van der Waals surface area contributed by atoms with Gasteiger partial charge in [-0.15, -0.1) is 0 Å². The summed E-state index contributed by atoms with van der Waals surface area (Å²) >= 11 is 0. The SMILES string of the molecule is CCCCCOc1ccc(C(=O)Oc2ccc(OCC(C)CC)cc2-c2cnccn2)cc1.CCCCOc1ccc(C(=O)Oc2ccc(OCC(C)CC)cc2-c2cnccn2)cc1.CCCOc1ccc(C(=O)Oc2ccc(OCC(C)CC)cc2-c2cnccn2)cc1. The molecule has 0 saturated heterocycles. The molecule has 0 aliphatic carbocycles. The molecule has 3 heterocycles. The van der Waals surface area contributed by atoms with Crippen LogP contribution < -0.4 is 42.6 Å². The minimum absolute atomic E-state index is 0.396. The molecule has 0 bridgehead atoms. The van der Waals surface area contributed by atoms with E-state index in [1.54, 1.807) is 165 Å². The van der Waals surface area contributed by atoms with Crippen molar-refractivity contribution in [3.8, 4) is 85.5 Å². The van der Waals surface area contributed by atoms with Crippen LogP contribution in [0.2, 0.25) is 0 Å². The molecule has 3 unspecified atom stereocenters. The highest BCUT2D eigenvalue weighted by Crippen LogP contribution is 2.36. The van der Waals surface area contributed by atoms with E-state index in [1.165, 1.54) is 0 Å². The number of rotatable bonds is 33. The molecule has 0 radical (unpaired) electrons. The van der Waals surface area contributed by atoms with Crippen molar-refractivity contribution in [2.75, 3.05) is 39.6 Å². The predicted molar refractivity (Wildman–Crippen MR) is 373 cm³/mol. The number of esters is 3. The normalized spacial score (nSPS) is 11.6. The van der Waals surface area contributed by atoms with E-state index in [0.717, 1.165) is 75.0 Å². The van der Waals surface area contributed by atoms with Gasteiger partial charge in [0, 0.05) is 53.9 Å². The van der Waals surface area contributed by atoms with Gasteiger partial charge >= 0.3 is 17.9 Å². The molecule has 3 atom stereocenters. The summed E-state index contributed by atoms with van der Waals surface area (Å²) in [6.45, 7) is 22.9. The van der Waals surface area contributed by atoms with Gasteiger partial charge in [-0.2, -0.15) is 0 Å². The lowest BCUT2D eigenvalue weighted by Crippen LogP contribution is -2.10. The second-order valence-electron chi connectivity index (χ2n) is 23.1. The van der Waals surface area contributed by atoms with Crippen LogP contribution in [0.25, 0.3) is 33.8 Å². The molecule has 18 nitrogen and oxygen atoms in total. The molecule has 9 rings (SSSR count). The van der Waals surface area contributed by atoms with Crippen molar-refractivity contribution in [1.82, 2.24) is 29.9 Å². The molecule has 504 valence electrons. The number of benzene rings is 6. The summed E-state index contributed by atoms with van der Waals surface area (Å²) in [6, 6.07) is 37.0. The molecule has 96 heavy (non-hydrogen) atoms. The van der Waals surface area contributed by atoms with Gasteiger partial charge < -0.3 is 42.6 Å². The fraction of sp³-hybridized carbons (Fsp3) is 0.346. The van der Waals surface area contributed by atoms with Gasteiger partial charge in [-0.1, -0.05) is 101 Å². The van der Waals surface area contributed by atoms with Gasteiger partial charge in [-0.3, -0.25) is 29.9 Å². The second kappa shape index (κ2) is 40.1. The Morgan fingerprint density at radius 3 is 0.917 bits per heavy atom. The molecule has 18 heteroatoms. The lowest BCUT2D eigenvalue weighted by atomic mass is 10.1. The van der Waals surface area contributed by atoms with Crippen molar-refractivity contribution in [2.24, 2.45) is 17.8 Å². The van der Waals surface area contributed by atoms with Gasteiger partial charge in [0.1, 0.15) is 51.7 Å². The number of nitrogens with zero attached hydrogens (tertiary/aromatic N) is 6. The van der Waals surface area contributed by atoms with Crippen molar-refractivity contribution < 1.29 is 57.0 Å². The highest BCUT2D eigenvalue weighted by Gasteiger charge is 2.20. The largest absolute Gasteiger partial charge is 0.494 e. The van der Waals surface area contributed by atoms with Gasteiger partial charge in [-0.25, -0.2) is 14.4 Å². The summed E-state index contributed by atoms with van der Waals surface area (Å²) in [6.07, 6.45) is 23.9. The quantitative estimate of drug-likeness (QED) is 0.0212. The third kappa shape index (κ3) is 24.0. The van der Waals surface area contributed by atoms with E-state index >= 15 is 0 Å². The molecule has 0 N–H and O–H groups in total. The number of carbonyl (C=O) groups excluding carboxylic acids is 3. The van der Waals surface area contributed by atoms with Gasteiger partial charge in [0.25, 0.3) is 0 Å². The standard InChI is InChI=1S/C27H32N2O4.C26H30N2O4.C25H28N2O4/c1-4-6-7-16-31-22-10-8-21(9-11-22)27(30)33-26-13-12-23(32-19-20(3)5-2)17-24(26)25-18-28-14-15-29-25;1-4-6-15-30-21-9-7-20(8-10-21)26(29)32-25-12-11-22(31-18-19(3)5-2)16-23(25)24-17-27-13-14-28-24;1-4-14-29-20-8-6-19(7-9-20)25(28)31-24-11-10-21(30-17-18(3)5-2)15-22(24)23-16-26-12-13-27-23/h8-15,17-18,20H,4-7,16,19H2,1-3H3;7-14,16-17,19H,4-6,15,18H2,1-3H3;6-13,15-16,18H,4-5,14,17H2,1-3H3. The van der Waals surface area contributed by atoms with E-state index in [-0.39, 0.29) is 0 Å². The van der Waals surface area contributed by atoms with E-state index in [1.807, 2.05) is 25.1 Å². The first-order valence-electron chi connectivity index (χ1n) is 33.3. The molecule has 0 fully saturated rings. The molecule has 0 saturated carbocycles. The smallest absolute Gasteiger partial charge is 0.343 e. The first-order chi connectivity index (χ1) is 46.8. The summed E-state index contributed by atoms with van der Waals surface area (Å²) in [5.41, 5.74) is 5.06. The van der Waals surface area contributed by atoms with Crippen LogP contribution in [0.15, 0.2) is 183 Å². The van der Waals surface area contributed by atoms with Crippen LogP contribution in [-0.2, 0) is 0 Å². The summed E-state index contributed by atoms with van der Waals surface area (Å²) < 4.78 is 51.9. The maximum Gasteiger partial charge on any atom is 0.343 e. The zero-order valence-electron chi connectivity index (χ0n) is 56.7. The molecule has 0 aliphatic heterocycles. The van der Waals surface area contributed by atoms with Crippen LogP contribution in [0.4, 0.5) is 0 Å². The molecule has 6 aromatic carbocycles. The van der Waals surface area contributed by atoms with Crippen LogP contribution in [0, 0.1) is 17.8 Å². The number of ether oxygens (including phenoxy) is 9. The van der Waals surface area contributed by atoms with E-state index in [2.05, 4.69) is 85.3 Å². The number of aromatic nitrogens is 6. The summed E-state index contributed by atoms with van der Waals surface area (Å²) in [5.74, 6) is 5.45. The fourth-order valence-electron chi connectivity index (χ4n) is 8.68. The number of hydrogen-bond donors (Lipinski definition) is 0. The molecular formula is C78H90N6O12. The van der Waals surface area contributed by atoms with Crippen molar-refractivity contribution in [3.63, 3.8) is 0 Å². The van der Waals surface area contributed by atoms with E-state index < -0.39 is 17.9 Å². The van der Waals surface area contributed by atoms with Crippen LogP contribution in [0.1, 0.15) is 151 Å². The van der Waals surface area contributed by atoms with Gasteiger partial charge in [0.05, 0.1) is 92.0 Å². The number of hydrogen-bond acceptors (Lipinski definition) is 18. The summed E-state index contributed by atoms with van der Waals surface area (Å²) in [5, 5.41) is 0. The Kier molecular flexibility index (Phi) is 30.6. The lowest BCUT2D eigenvalue weighted by molar-refractivity contribution is 0.0725. The first-order valence-corrected chi connectivity index (χ1v) is 33.3. The number of unbranched alkanes of at least 4 members (excludes halogenated alkanes) is 3. The molecular weight excluding hydrogens is 1210 g/mol. The van der Waals surface area contributed by atoms with Gasteiger partial charge in [0.15, 0.2) is 0 Å². The Morgan fingerprint density at radius 1 is 0.333 bits per heavy atom. The Labute approximate surface area is 565 Å². The Morgan fingerprint density at radius 2 is 0.635 bits per heavy atom. The Bertz CT molecular complexity index is 3750. The fourth-order valence-corrected chi connectivity index (χ4v) is 8.68. The van der Waals surface area contributed by atoms with E-state index in [9.17, 15) is 14.4 Å².